The fourth-order valence-corrected chi connectivity index (χ4v) is 2.10. The largest absolute Gasteiger partial charge is 0.302 e. The summed E-state index contributed by atoms with van der Waals surface area (Å²) in [5, 5.41) is 3.58. The van der Waals surface area contributed by atoms with Gasteiger partial charge in [-0.25, -0.2) is 0 Å². The molecule has 18 heavy (non-hydrogen) atoms. The number of aromatic nitrogens is 1. The molecule has 0 radical (unpaired) electrons. The molecular weight excluding hydrogens is 220 g/mol. The molecule has 0 spiro atoms. The molecule has 0 fully saturated rings. The van der Waals surface area contributed by atoms with E-state index in [1.54, 1.807) is 0 Å². The third kappa shape index (κ3) is 3.17. The van der Waals surface area contributed by atoms with Crippen LogP contribution in [0.2, 0.25) is 0 Å². The first-order chi connectivity index (χ1) is 8.66. The smallest absolute Gasteiger partial charge is 0.0573 e. The zero-order valence-electron chi connectivity index (χ0n) is 11.2. The molecule has 1 heterocycles. The lowest BCUT2D eigenvalue weighted by molar-refractivity contribution is 0.486. The second kappa shape index (κ2) is 5.78. The second-order valence-corrected chi connectivity index (χ2v) is 4.72. The molecule has 1 aromatic carbocycles. The highest BCUT2D eigenvalue weighted by Crippen LogP contribution is 2.17. The van der Waals surface area contributed by atoms with Crippen LogP contribution in [0.25, 0.3) is 0 Å². The Morgan fingerprint density at radius 2 is 1.61 bits per heavy atom. The van der Waals surface area contributed by atoms with Crippen molar-refractivity contribution >= 4 is 0 Å². The Morgan fingerprint density at radius 1 is 0.889 bits per heavy atom. The maximum absolute atomic E-state index is 4.56. The van der Waals surface area contributed by atoms with Gasteiger partial charge in [0, 0.05) is 17.8 Å². The SMILES string of the molecule is Cc1cccc(C(C)N[C@H](C)c2ccccc2)n1. The zero-order valence-corrected chi connectivity index (χ0v) is 11.2. The van der Waals surface area contributed by atoms with Crippen molar-refractivity contribution in [1.82, 2.24) is 10.3 Å². The summed E-state index contributed by atoms with van der Waals surface area (Å²) in [6, 6.07) is 17.2. The first kappa shape index (κ1) is 12.8. The minimum Gasteiger partial charge on any atom is -0.302 e. The molecule has 2 aromatic rings. The van der Waals surface area contributed by atoms with E-state index in [1.807, 2.05) is 19.1 Å². The van der Waals surface area contributed by atoms with Gasteiger partial charge in [-0.05, 0) is 38.5 Å². The number of benzene rings is 1. The van der Waals surface area contributed by atoms with Crippen molar-refractivity contribution in [3.8, 4) is 0 Å². The summed E-state index contributed by atoms with van der Waals surface area (Å²) in [5.74, 6) is 0. The Bertz CT molecular complexity index is 493. The maximum Gasteiger partial charge on any atom is 0.0573 e. The summed E-state index contributed by atoms with van der Waals surface area (Å²) < 4.78 is 0. The molecule has 0 saturated heterocycles. The fraction of sp³-hybridized carbons (Fsp3) is 0.312. The van der Waals surface area contributed by atoms with Gasteiger partial charge in [-0.1, -0.05) is 36.4 Å². The minimum atomic E-state index is 0.250. The van der Waals surface area contributed by atoms with E-state index in [0.717, 1.165) is 11.4 Å². The Balaban J connectivity index is 2.05. The van der Waals surface area contributed by atoms with E-state index in [1.165, 1.54) is 5.56 Å². The summed E-state index contributed by atoms with van der Waals surface area (Å²) in [5.41, 5.74) is 3.46. The summed E-state index contributed by atoms with van der Waals surface area (Å²) in [6.45, 7) is 6.36. The van der Waals surface area contributed by atoms with Crippen LogP contribution in [0.5, 0.6) is 0 Å². The van der Waals surface area contributed by atoms with Gasteiger partial charge in [0.15, 0.2) is 0 Å². The van der Waals surface area contributed by atoms with E-state index < -0.39 is 0 Å². The van der Waals surface area contributed by atoms with Crippen LogP contribution >= 0.6 is 0 Å². The number of rotatable bonds is 4. The number of nitrogens with zero attached hydrogens (tertiary/aromatic N) is 1. The third-order valence-electron chi connectivity index (χ3n) is 3.15. The molecule has 2 heteroatoms. The lowest BCUT2D eigenvalue weighted by Crippen LogP contribution is -2.23. The number of hydrogen-bond acceptors (Lipinski definition) is 2. The van der Waals surface area contributed by atoms with Crippen molar-refractivity contribution in [2.45, 2.75) is 32.9 Å². The van der Waals surface area contributed by atoms with E-state index in [2.05, 4.69) is 60.5 Å². The van der Waals surface area contributed by atoms with E-state index in [0.29, 0.717) is 6.04 Å². The molecule has 1 N–H and O–H groups in total. The molecule has 2 atom stereocenters. The number of aryl methyl sites for hydroxylation is 1. The topological polar surface area (TPSA) is 24.9 Å². The second-order valence-electron chi connectivity index (χ2n) is 4.72. The fourth-order valence-electron chi connectivity index (χ4n) is 2.10. The minimum absolute atomic E-state index is 0.250. The van der Waals surface area contributed by atoms with Crippen LogP contribution < -0.4 is 5.32 Å². The molecule has 0 bridgehead atoms. The Kier molecular flexibility index (Phi) is 4.11. The lowest BCUT2D eigenvalue weighted by Gasteiger charge is -2.20. The van der Waals surface area contributed by atoms with Gasteiger partial charge in [0.1, 0.15) is 0 Å². The van der Waals surface area contributed by atoms with Crippen LogP contribution in [-0.2, 0) is 0 Å². The van der Waals surface area contributed by atoms with Crippen molar-refractivity contribution in [1.29, 1.82) is 0 Å². The average molecular weight is 240 g/mol. The standard InChI is InChI=1S/C16H20N2/c1-12-8-7-11-16(17-12)14(3)18-13(2)15-9-5-4-6-10-15/h4-11,13-14,18H,1-3H3/t13-,14?/m1/s1. The van der Waals surface area contributed by atoms with Crippen molar-refractivity contribution in [2.75, 3.05) is 0 Å². The Labute approximate surface area is 109 Å². The first-order valence-electron chi connectivity index (χ1n) is 6.41. The molecule has 0 amide bonds. The highest BCUT2D eigenvalue weighted by atomic mass is 15.0. The molecule has 0 aliphatic rings. The molecule has 94 valence electrons. The van der Waals surface area contributed by atoms with Crippen LogP contribution in [0.4, 0.5) is 0 Å². The predicted molar refractivity (Wildman–Crippen MR) is 75.4 cm³/mol. The van der Waals surface area contributed by atoms with E-state index in [-0.39, 0.29) is 6.04 Å². The van der Waals surface area contributed by atoms with E-state index >= 15 is 0 Å². The molecule has 1 aromatic heterocycles. The van der Waals surface area contributed by atoms with Gasteiger partial charge in [-0.2, -0.15) is 0 Å². The Morgan fingerprint density at radius 3 is 2.28 bits per heavy atom. The number of hydrogen-bond donors (Lipinski definition) is 1. The van der Waals surface area contributed by atoms with Crippen LogP contribution in [0.15, 0.2) is 48.5 Å². The quantitative estimate of drug-likeness (QED) is 0.879. The van der Waals surface area contributed by atoms with Gasteiger partial charge in [0.05, 0.1) is 5.69 Å². The summed E-state index contributed by atoms with van der Waals surface area (Å²) >= 11 is 0. The summed E-state index contributed by atoms with van der Waals surface area (Å²) in [4.78, 5) is 4.56. The van der Waals surface area contributed by atoms with E-state index in [9.17, 15) is 0 Å². The van der Waals surface area contributed by atoms with Crippen molar-refractivity contribution in [3.63, 3.8) is 0 Å². The maximum atomic E-state index is 4.56. The molecule has 2 nitrogen and oxygen atoms in total. The summed E-state index contributed by atoms with van der Waals surface area (Å²) in [7, 11) is 0. The van der Waals surface area contributed by atoms with Crippen LogP contribution in [-0.4, -0.2) is 4.98 Å². The molecule has 0 saturated carbocycles. The molecule has 0 aliphatic heterocycles. The molecule has 0 aliphatic carbocycles. The van der Waals surface area contributed by atoms with Crippen LogP contribution in [0, 0.1) is 6.92 Å². The average Bonchev–Trinajstić information content (AvgIpc) is 2.39. The van der Waals surface area contributed by atoms with Crippen LogP contribution in [0.3, 0.4) is 0 Å². The molecule has 1 unspecified atom stereocenters. The lowest BCUT2D eigenvalue weighted by atomic mass is 10.1. The van der Waals surface area contributed by atoms with Gasteiger partial charge in [-0.3, -0.25) is 4.98 Å². The normalized spacial score (nSPS) is 14.2. The zero-order chi connectivity index (χ0) is 13.0. The third-order valence-corrected chi connectivity index (χ3v) is 3.15. The highest BCUT2D eigenvalue weighted by molar-refractivity contribution is 5.19. The van der Waals surface area contributed by atoms with Crippen molar-refractivity contribution < 1.29 is 0 Å². The van der Waals surface area contributed by atoms with Crippen molar-refractivity contribution in [2.24, 2.45) is 0 Å². The van der Waals surface area contributed by atoms with Gasteiger partial charge < -0.3 is 5.32 Å². The number of pyridine rings is 1. The van der Waals surface area contributed by atoms with Gasteiger partial charge in [-0.15, -0.1) is 0 Å². The van der Waals surface area contributed by atoms with Crippen LogP contribution in [0.1, 0.15) is 42.9 Å². The number of nitrogens with one attached hydrogen (secondary N) is 1. The van der Waals surface area contributed by atoms with E-state index in [4.69, 9.17) is 0 Å². The van der Waals surface area contributed by atoms with Crippen molar-refractivity contribution in [3.05, 3.63) is 65.5 Å². The highest BCUT2D eigenvalue weighted by Gasteiger charge is 2.11. The molecule has 2 rings (SSSR count). The van der Waals surface area contributed by atoms with Gasteiger partial charge >= 0.3 is 0 Å². The Hall–Kier alpha value is -1.67. The van der Waals surface area contributed by atoms with Gasteiger partial charge in [0.2, 0.25) is 0 Å². The molecular formula is C16H20N2. The first-order valence-corrected chi connectivity index (χ1v) is 6.41. The summed E-state index contributed by atoms with van der Waals surface area (Å²) in [6.07, 6.45) is 0. The van der Waals surface area contributed by atoms with Gasteiger partial charge in [0.25, 0.3) is 0 Å². The monoisotopic (exact) mass is 240 g/mol. The predicted octanol–water partition coefficient (Wildman–Crippen LogP) is 3.80.